The Kier molecular flexibility index (Phi) is 4.18. The van der Waals surface area contributed by atoms with Gasteiger partial charge in [-0.2, -0.15) is 5.10 Å². The topological polar surface area (TPSA) is 32.7 Å². The first-order valence-corrected chi connectivity index (χ1v) is 6.82. The minimum absolute atomic E-state index is 0.0465. The van der Waals surface area contributed by atoms with E-state index in [1.165, 1.54) is 5.01 Å². The lowest BCUT2D eigenvalue weighted by Gasteiger charge is -2.09. The van der Waals surface area contributed by atoms with E-state index in [0.29, 0.717) is 11.5 Å². The minimum Gasteiger partial charge on any atom is -0.267 e. The molecule has 3 nitrogen and oxygen atoms in total. The first-order valence-electron chi connectivity index (χ1n) is 6.82. The maximum Gasteiger partial charge on any atom is 0.276 e. The van der Waals surface area contributed by atoms with E-state index in [0.717, 1.165) is 16.8 Å². The maximum atomic E-state index is 12.3. The lowest BCUT2D eigenvalue weighted by atomic mass is 9.95. The molecule has 0 fully saturated rings. The van der Waals surface area contributed by atoms with Gasteiger partial charge in [-0.15, -0.1) is 0 Å². The second-order valence-electron chi connectivity index (χ2n) is 5.27. The Bertz CT molecular complexity index is 595. The third-order valence-electron chi connectivity index (χ3n) is 3.17. The number of hydrogen-bond acceptors (Lipinski definition) is 2. The summed E-state index contributed by atoms with van der Waals surface area (Å²) in [6.07, 6.45) is 4.14. The Morgan fingerprint density at radius 3 is 2.40 bits per heavy atom. The predicted octanol–water partition coefficient (Wildman–Crippen LogP) is 3.50. The van der Waals surface area contributed by atoms with Crippen LogP contribution in [-0.2, 0) is 4.79 Å². The molecule has 1 aromatic carbocycles. The number of hydrazone groups is 1. The molecule has 0 unspecified atom stereocenters. The lowest BCUT2D eigenvalue weighted by molar-refractivity contribution is -0.124. The number of nitrogens with zero attached hydrogens (tertiary/aromatic N) is 2. The van der Waals surface area contributed by atoms with Crippen LogP contribution in [0.2, 0.25) is 0 Å². The summed E-state index contributed by atoms with van der Waals surface area (Å²) in [5.74, 6) is 0.385. The van der Waals surface area contributed by atoms with Crippen molar-refractivity contribution in [3.8, 4) is 0 Å². The summed E-state index contributed by atoms with van der Waals surface area (Å²) in [4.78, 5) is 12.3. The quantitative estimate of drug-likeness (QED) is 0.772. The molecule has 104 valence electrons. The number of hydrogen-bond donors (Lipinski definition) is 0. The van der Waals surface area contributed by atoms with Gasteiger partial charge in [0, 0.05) is 7.05 Å². The van der Waals surface area contributed by atoms with Gasteiger partial charge in [0.2, 0.25) is 0 Å². The standard InChI is InChI=1S/C17H20N2O/c1-12(2)10-11-15(14-8-6-5-7-9-14)16-13(3)18-19(4)17(16)20/h5-12H,1-4H3/b11-10?,16-15-. The molecule has 0 saturated carbocycles. The summed E-state index contributed by atoms with van der Waals surface area (Å²) in [6.45, 7) is 6.11. The summed E-state index contributed by atoms with van der Waals surface area (Å²) >= 11 is 0. The van der Waals surface area contributed by atoms with Crippen molar-refractivity contribution in [2.24, 2.45) is 11.0 Å². The number of carbonyl (C=O) groups excluding carboxylic acids is 1. The average molecular weight is 268 g/mol. The van der Waals surface area contributed by atoms with Crippen LogP contribution in [0.25, 0.3) is 5.57 Å². The van der Waals surface area contributed by atoms with E-state index in [4.69, 9.17) is 0 Å². The SMILES string of the molecule is CC1=NN(C)C(=O)/C1=C(/C=CC(C)C)c1ccccc1. The summed E-state index contributed by atoms with van der Waals surface area (Å²) in [5, 5.41) is 5.63. The van der Waals surface area contributed by atoms with Crippen molar-refractivity contribution in [3.63, 3.8) is 0 Å². The number of carbonyl (C=O) groups is 1. The van der Waals surface area contributed by atoms with Crippen LogP contribution in [0.3, 0.4) is 0 Å². The molecule has 1 aliphatic rings. The van der Waals surface area contributed by atoms with Crippen LogP contribution in [0.4, 0.5) is 0 Å². The van der Waals surface area contributed by atoms with Gasteiger partial charge in [0.15, 0.2) is 0 Å². The number of rotatable bonds is 3. The van der Waals surface area contributed by atoms with Gasteiger partial charge in [0.05, 0.1) is 11.3 Å². The molecule has 1 amide bonds. The van der Waals surface area contributed by atoms with E-state index in [2.05, 4.69) is 25.0 Å². The van der Waals surface area contributed by atoms with Crippen molar-refractivity contribution in [2.75, 3.05) is 7.05 Å². The Morgan fingerprint density at radius 1 is 1.25 bits per heavy atom. The fraction of sp³-hybridized carbons (Fsp3) is 0.294. The van der Waals surface area contributed by atoms with Gasteiger partial charge in [-0.25, -0.2) is 5.01 Å². The van der Waals surface area contributed by atoms with Crippen molar-refractivity contribution in [3.05, 3.63) is 53.6 Å². The van der Waals surface area contributed by atoms with E-state index in [1.54, 1.807) is 7.05 Å². The van der Waals surface area contributed by atoms with Gasteiger partial charge in [-0.05, 0) is 24.0 Å². The fourth-order valence-corrected chi connectivity index (χ4v) is 2.18. The van der Waals surface area contributed by atoms with Crippen LogP contribution in [0.5, 0.6) is 0 Å². The van der Waals surface area contributed by atoms with E-state index in [9.17, 15) is 4.79 Å². The van der Waals surface area contributed by atoms with Gasteiger partial charge in [0.1, 0.15) is 0 Å². The van der Waals surface area contributed by atoms with Gasteiger partial charge in [0.25, 0.3) is 5.91 Å². The van der Waals surface area contributed by atoms with E-state index in [-0.39, 0.29) is 5.91 Å². The summed E-state index contributed by atoms with van der Waals surface area (Å²) in [5.41, 5.74) is 3.44. The molecule has 1 heterocycles. The highest BCUT2D eigenvalue weighted by Crippen LogP contribution is 2.26. The van der Waals surface area contributed by atoms with E-state index < -0.39 is 0 Å². The lowest BCUT2D eigenvalue weighted by Crippen LogP contribution is -2.17. The second-order valence-corrected chi connectivity index (χ2v) is 5.27. The third-order valence-corrected chi connectivity index (χ3v) is 3.17. The summed E-state index contributed by atoms with van der Waals surface area (Å²) < 4.78 is 0. The third kappa shape index (κ3) is 2.87. The first kappa shape index (κ1) is 14.3. The van der Waals surface area contributed by atoms with E-state index >= 15 is 0 Å². The maximum absolute atomic E-state index is 12.3. The van der Waals surface area contributed by atoms with Crippen LogP contribution in [0, 0.1) is 5.92 Å². The molecule has 2 rings (SSSR count). The summed E-state index contributed by atoms with van der Waals surface area (Å²) in [6, 6.07) is 9.97. The number of allylic oxidation sites excluding steroid dienone is 3. The molecule has 0 aliphatic carbocycles. The monoisotopic (exact) mass is 268 g/mol. The predicted molar refractivity (Wildman–Crippen MR) is 83.2 cm³/mol. The molecule has 0 aromatic heterocycles. The van der Waals surface area contributed by atoms with Crippen LogP contribution in [0.1, 0.15) is 26.3 Å². The number of amides is 1. The molecule has 0 bridgehead atoms. The van der Waals surface area contributed by atoms with Crippen LogP contribution in [0.15, 0.2) is 53.2 Å². The minimum atomic E-state index is -0.0465. The van der Waals surface area contributed by atoms with Crippen LogP contribution in [-0.4, -0.2) is 23.7 Å². The molecule has 3 heteroatoms. The van der Waals surface area contributed by atoms with Crippen molar-refractivity contribution in [2.45, 2.75) is 20.8 Å². The number of benzene rings is 1. The highest BCUT2D eigenvalue weighted by Gasteiger charge is 2.27. The van der Waals surface area contributed by atoms with E-state index in [1.807, 2.05) is 43.3 Å². The second kappa shape index (κ2) is 5.87. The Labute approximate surface area is 120 Å². The largest absolute Gasteiger partial charge is 0.276 e. The van der Waals surface area contributed by atoms with Crippen molar-refractivity contribution in [1.82, 2.24) is 5.01 Å². The highest BCUT2D eigenvalue weighted by molar-refractivity contribution is 6.29. The molecular formula is C17H20N2O. The molecular weight excluding hydrogens is 248 g/mol. The average Bonchev–Trinajstić information content (AvgIpc) is 2.66. The van der Waals surface area contributed by atoms with Gasteiger partial charge < -0.3 is 0 Å². The van der Waals surface area contributed by atoms with Crippen LogP contribution >= 0.6 is 0 Å². The van der Waals surface area contributed by atoms with Gasteiger partial charge >= 0.3 is 0 Å². The zero-order valence-corrected chi connectivity index (χ0v) is 12.4. The molecule has 0 N–H and O–H groups in total. The molecule has 0 atom stereocenters. The highest BCUT2D eigenvalue weighted by atomic mass is 16.2. The Balaban J connectivity index is 2.58. The molecule has 20 heavy (non-hydrogen) atoms. The zero-order chi connectivity index (χ0) is 14.7. The Morgan fingerprint density at radius 2 is 1.90 bits per heavy atom. The van der Waals surface area contributed by atoms with Gasteiger partial charge in [-0.1, -0.05) is 56.3 Å². The first-order chi connectivity index (χ1) is 9.50. The number of likely N-dealkylation sites (N-methyl/N-ethyl adjacent to an activating group) is 1. The van der Waals surface area contributed by atoms with Crippen molar-refractivity contribution < 1.29 is 4.79 Å². The molecule has 1 aliphatic heterocycles. The molecule has 0 radical (unpaired) electrons. The summed E-state index contributed by atoms with van der Waals surface area (Å²) in [7, 11) is 1.69. The normalized spacial score (nSPS) is 18.1. The molecule has 0 spiro atoms. The Hall–Kier alpha value is -2.16. The fourth-order valence-electron chi connectivity index (χ4n) is 2.18. The smallest absolute Gasteiger partial charge is 0.267 e. The van der Waals surface area contributed by atoms with Crippen LogP contribution < -0.4 is 0 Å². The van der Waals surface area contributed by atoms with Gasteiger partial charge in [-0.3, -0.25) is 4.79 Å². The molecule has 1 aromatic rings. The zero-order valence-electron chi connectivity index (χ0n) is 12.4. The van der Waals surface area contributed by atoms with Crippen molar-refractivity contribution >= 4 is 17.2 Å². The molecule has 0 saturated heterocycles. The van der Waals surface area contributed by atoms with Crippen molar-refractivity contribution in [1.29, 1.82) is 0 Å².